The van der Waals surface area contributed by atoms with Gasteiger partial charge >= 0.3 is 0 Å². The van der Waals surface area contributed by atoms with Crippen molar-refractivity contribution in [2.75, 3.05) is 37.6 Å². The number of carbonyl (C=O) groups excluding carboxylic acids is 1. The molecule has 144 valence electrons. The molecule has 0 radical (unpaired) electrons. The highest BCUT2D eigenvalue weighted by molar-refractivity contribution is 5.78. The van der Waals surface area contributed by atoms with Crippen molar-refractivity contribution in [3.05, 3.63) is 59.7 Å². The topological polar surface area (TPSA) is 55.8 Å². The lowest BCUT2D eigenvalue weighted by molar-refractivity contribution is -0.123. The largest absolute Gasteiger partial charge is 0.506 e. The van der Waals surface area contributed by atoms with Crippen molar-refractivity contribution in [1.82, 2.24) is 10.2 Å². The van der Waals surface area contributed by atoms with Crippen LogP contribution in [0.15, 0.2) is 48.5 Å². The zero-order chi connectivity index (χ0) is 19.2. The highest BCUT2D eigenvalue weighted by atomic mass is 16.3. The summed E-state index contributed by atoms with van der Waals surface area (Å²) in [5.74, 6) is 0.365. The second kappa shape index (κ2) is 8.91. The van der Waals surface area contributed by atoms with Crippen LogP contribution in [0.5, 0.6) is 5.75 Å². The molecule has 2 aromatic rings. The molecule has 1 heterocycles. The highest BCUT2D eigenvalue weighted by Crippen LogP contribution is 2.27. The molecule has 1 aliphatic heterocycles. The number of piperazine rings is 1. The molecule has 0 aliphatic carbocycles. The van der Waals surface area contributed by atoms with Gasteiger partial charge in [-0.3, -0.25) is 9.69 Å². The minimum Gasteiger partial charge on any atom is -0.506 e. The molecule has 3 rings (SSSR count). The zero-order valence-electron chi connectivity index (χ0n) is 16.2. The lowest BCUT2D eigenvalue weighted by atomic mass is 10.1. The van der Waals surface area contributed by atoms with E-state index in [1.54, 1.807) is 6.07 Å². The van der Waals surface area contributed by atoms with Gasteiger partial charge in [0.05, 0.1) is 18.3 Å². The fraction of sp³-hybridized carbons (Fsp3) is 0.409. The fourth-order valence-electron chi connectivity index (χ4n) is 3.49. The second-order valence-electron chi connectivity index (χ2n) is 7.14. The third-order valence-corrected chi connectivity index (χ3v) is 5.23. The first-order chi connectivity index (χ1) is 13.1. The van der Waals surface area contributed by atoms with Crippen LogP contribution in [0.1, 0.15) is 31.0 Å². The summed E-state index contributed by atoms with van der Waals surface area (Å²) in [6.45, 7) is 7.79. The molecular formula is C22H29N3O2. The quantitative estimate of drug-likeness (QED) is 0.824. The average Bonchev–Trinajstić information content (AvgIpc) is 2.69. The van der Waals surface area contributed by atoms with E-state index < -0.39 is 0 Å². The number of carbonyl (C=O) groups is 1. The Balaban J connectivity index is 1.47. The molecule has 0 aromatic heterocycles. The predicted octanol–water partition coefficient (Wildman–Crippen LogP) is 2.95. The summed E-state index contributed by atoms with van der Waals surface area (Å²) in [4.78, 5) is 16.8. The van der Waals surface area contributed by atoms with Gasteiger partial charge in [0.2, 0.25) is 5.91 Å². The van der Waals surface area contributed by atoms with Crippen LogP contribution in [0.25, 0.3) is 0 Å². The fourth-order valence-corrected chi connectivity index (χ4v) is 3.49. The highest BCUT2D eigenvalue weighted by Gasteiger charge is 2.21. The van der Waals surface area contributed by atoms with Crippen LogP contribution in [-0.4, -0.2) is 48.6 Å². The molecule has 2 aromatic carbocycles. The van der Waals surface area contributed by atoms with Crippen LogP contribution in [0.4, 0.5) is 5.69 Å². The number of rotatable bonds is 6. The summed E-state index contributed by atoms with van der Waals surface area (Å²) < 4.78 is 0. The van der Waals surface area contributed by atoms with Gasteiger partial charge in [-0.05, 0) is 36.6 Å². The Hall–Kier alpha value is -2.53. The SMILES string of the molecule is CCc1ccc([C@@H](C)NC(=O)CN2CCN(c3ccccc3O)CC2)cc1. The van der Waals surface area contributed by atoms with Gasteiger partial charge in [0.15, 0.2) is 0 Å². The smallest absolute Gasteiger partial charge is 0.234 e. The number of aromatic hydroxyl groups is 1. The lowest BCUT2D eigenvalue weighted by Crippen LogP contribution is -2.49. The normalized spacial score (nSPS) is 16.1. The number of nitrogens with one attached hydrogen (secondary N) is 1. The van der Waals surface area contributed by atoms with E-state index in [-0.39, 0.29) is 11.9 Å². The number of benzene rings is 2. The van der Waals surface area contributed by atoms with Gasteiger partial charge < -0.3 is 15.3 Å². The van der Waals surface area contributed by atoms with Crippen molar-refractivity contribution in [2.45, 2.75) is 26.3 Å². The summed E-state index contributed by atoms with van der Waals surface area (Å²) >= 11 is 0. The number of phenols is 1. The molecule has 0 spiro atoms. The van der Waals surface area contributed by atoms with Crippen molar-refractivity contribution in [3.63, 3.8) is 0 Å². The molecule has 5 heteroatoms. The van der Waals surface area contributed by atoms with E-state index in [0.29, 0.717) is 12.3 Å². The van der Waals surface area contributed by atoms with Crippen molar-refractivity contribution in [3.8, 4) is 5.75 Å². The number of amides is 1. The average molecular weight is 367 g/mol. The zero-order valence-corrected chi connectivity index (χ0v) is 16.2. The maximum Gasteiger partial charge on any atom is 0.234 e. The molecule has 0 unspecified atom stereocenters. The second-order valence-corrected chi connectivity index (χ2v) is 7.14. The minimum absolute atomic E-state index is 0.00552. The third-order valence-electron chi connectivity index (χ3n) is 5.23. The Morgan fingerprint density at radius 1 is 1.07 bits per heavy atom. The molecule has 0 bridgehead atoms. The van der Waals surface area contributed by atoms with E-state index >= 15 is 0 Å². The molecule has 5 nitrogen and oxygen atoms in total. The summed E-state index contributed by atoms with van der Waals surface area (Å²) in [6.07, 6.45) is 1.02. The summed E-state index contributed by atoms with van der Waals surface area (Å²) in [6, 6.07) is 15.8. The summed E-state index contributed by atoms with van der Waals surface area (Å²) in [5, 5.41) is 13.1. The summed E-state index contributed by atoms with van der Waals surface area (Å²) in [7, 11) is 0. The molecule has 27 heavy (non-hydrogen) atoms. The molecule has 1 aliphatic rings. The van der Waals surface area contributed by atoms with Gasteiger partial charge in [0.1, 0.15) is 5.75 Å². The van der Waals surface area contributed by atoms with E-state index in [4.69, 9.17) is 0 Å². The first kappa shape index (κ1) is 19.2. The molecular weight excluding hydrogens is 338 g/mol. The Kier molecular flexibility index (Phi) is 6.35. The molecule has 0 saturated carbocycles. The minimum atomic E-state index is 0.00552. The van der Waals surface area contributed by atoms with E-state index in [1.165, 1.54) is 5.56 Å². The summed E-state index contributed by atoms with van der Waals surface area (Å²) in [5.41, 5.74) is 3.30. The van der Waals surface area contributed by atoms with E-state index in [1.807, 2.05) is 25.1 Å². The van der Waals surface area contributed by atoms with Gasteiger partial charge in [0, 0.05) is 26.2 Å². The van der Waals surface area contributed by atoms with Gasteiger partial charge in [-0.1, -0.05) is 43.3 Å². The molecule has 1 amide bonds. The Morgan fingerprint density at radius 3 is 2.37 bits per heavy atom. The lowest BCUT2D eigenvalue weighted by Gasteiger charge is -2.36. The number of phenolic OH excluding ortho intramolecular Hbond substituents is 1. The van der Waals surface area contributed by atoms with Crippen molar-refractivity contribution in [2.24, 2.45) is 0 Å². The van der Waals surface area contributed by atoms with Crippen LogP contribution < -0.4 is 10.2 Å². The number of hydrogen-bond acceptors (Lipinski definition) is 4. The molecule has 2 N–H and O–H groups in total. The maximum absolute atomic E-state index is 12.4. The van der Waals surface area contributed by atoms with Crippen LogP contribution in [0, 0.1) is 0 Å². The monoisotopic (exact) mass is 367 g/mol. The van der Waals surface area contributed by atoms with Crippen molar-refractivity contribution >= 4 is 11.6 Å². The maximum atomic E-state index is 12.4. The van der Waals surface area contributed by atoms with Crippen LogP contribution in [0.2, 0.25) is 0 Å². The van der Waals surface area contributed by atoms with Crippen LogP contribution in [-0.2, 0) is 11.2 Å². The third kappa shape index (κ3) is 5.01. The number of para-hydroxylation sites is 2. The van der Waals surface area contributed by atoms with Crippen molar-refractivity contribution in [1.29, 1.82) is 0 Å². The van der Waals surface area contributed by atoms with E-state index in [9.17, 15) is 9.90 Å². The molecule has 1 saturated heterocycles. The number of nitrogens with zero attached hydrogens (tertiary/aromatic N) is 2. The predicted molar refractivity (Wildman–Crippen MR) is 109 cm³/mol. The number of aryl methyl sites for hydroxylation is 1. The number of hydrogen-bond donors (Lipinski definition) is 2. The van der Waals surface area contributed by atoms with Crippen molar-refractivity contribution < 1.29 is 9.90 Å². The van der Waals surface area contributed by atoms with Gasteiger partial charge in [-0.2, -0.15) is 0 Å². The van der Waals surface area contributed by atoms with Crippen LogP contribution >= 0.6 is 0 Å². The standard InChI is InChI=1S/C22H29N3O2/c1-3-18-8-10-19(11-9-18)17(2)23-22(27)16-24-12-14-25(15-13-24)20-6-4-5-7-21(20)26/h4-11,17,26H,3,12-16H2,1-2H3,(H,23,27)/t17-/m1/s1. The van der Waals surface area contributed by atoms with Gasteiger partial charge in [0.25, 0.3) is 0 Å². The van der Waals surface area contributed by atoms with E-state index in [0.717, 1.165) is 43.9 Å². The van der Waals surface area contributed by atoms with E-state index in [2.05, 4.69) is 46.3 Å². The molecule has 1 atom stereocenters. The van der Waals surface area contributed by atoms with Crippen LogP contribution in [0.3, 0.4) is 0 Å². The van der Waals surface area contributed by atoms with Gasteiger partial charge in [-0.15, -0.1) is 0 Å². The first-order valence-corrected chi connectivity index (χ1v) is 9.70. The number of anilines is 1. The Morgan fingerprint density at radius 2 is 1.74 bits per heavy atom. The Bertz CT molecular complexity index is 752. The molecule has 1 fully saturated rings. The van der Waals surface area contributed by atoms with Gasteiger partial charge in [-0.25, -0.2) is 0 Å². The first-order valence-electron chi connectivity index (χ1n) is 9.70. The Labute approximate surface area is 161 Å².